The van der Waals surface area contributed by atoms with Gasteiger partial charge in [0.2, 0.25) is 0 Å². The maximum Gasteiger partial charge on any atom is 0.167 e. The first-order valence-corrected chi connectivity index (χ1v) is 6.69. The van der Waals surface area contributed by atoms with Crippen LogP contribution in [0.2, 0.25) is 0 Å². The Bertz CT molecular complexity index is 583. The monoisotopic (exact) mass is 281 g/mol. The van der Waals surface area contributed by atoms with Gasteiger partial charge in [-0.15, -0.1) is 0 Å². The zero-order valence-electron chi connectivity index (χ0n) is 11.1. The summed E-state index contributed by atoms with van der Waals surface area (Å²) in [5.74, 6) is -0.225. The van der Waals surface area contributed by atoms with E-state index < -0.39 is 5.82 Å². The van der Waals surface area contributed by atoms with Gasteiger partial charge in [-0.1, -0.05) is 11.8 Å². The summed E-state index contributed by atoms with van der Waals surface area (Å²) >= 11 is 1.43. The highest BCUT2D eigenvalue weighted by Crippen LogP contribution is 2.36. The van der Waals surface area contributed by atoms with E-state index in [1.165, 1.54) is 17.8 Å². The second kappa shape index (κ2) is 5.52. The van der Waals surface area contributed by atoms with Crippen LogP contribution in [0.3, 0.4) is 0 Å². The lowest BCUT2D eigenvalue weighted by molar-refractivity contribution is 0.230. The molecule has 0 amide bonds. The molecule has 0 saturated carbocycles. The number of ether oxygens (including phenoxy) is 1. The summed E-state index contributed by atoms with van der Waals surface area (Å²) in [6.45, 7) is 3.70. The Morgan fingerprint density at radius 2 is 2.16 bits per heavy atom. The van der Waals surface area contributed by atoms with Crippen LogP contribution in [-0.4, -0.2) is 15.9 Å². The van der Waals surface area contributed by atoms with Gasteiger partial charge < -0.3 is 10.5 Å². The number of nitrogens with zero attached hydrogens (tertiary/aromatic N) is 2. The molecule has 2 rings (SSSR count). The van der Waals surface area contributed by atoms with Crippen molar-refractivity contribution < 1.29 is 9.13 Å². The molecule has 2 aromatic rings. The fourth-order valence-corrected chi connectivity index (χ4v) is 2.46. The Morgan fingerprint density at radius 1 is 1.42 bits per heavy atom. The normalized spacial score (nSPS) is 11.0. The Kier molecular flexibility index (Phi) is 3.99. The molecule has 1 heterocycles. The lowest BCUT2D eigenvalue weighted by atomic mass is 10.3. The van der Waals surface area contributed by atoms with E-state index in [4.69, 9.17) is 10.5 Å². The second-order valence-electron chi connectivity index (χ2n) is 4.44. The first-order valence-electron chi connectivity index (χ1n) is 5.88. The van der Waals surface area contributed by atoms with Crippen LogP contribution in [0.15, 0.2) is 34.3 Å². The zero-order chi connectivity index (χ0) is 14.0. The van der Waals surface area contributed by atoms with Crippen LogP contribution in [0, 0.1) is 5.82 Å². The zero-order valence-corrected chi connectivity index (χ0v) is 11.9. The molecule has 0 atom stereocenters. The van der Waals surface area contributed by atoms with Crippen molar-refractivity contribution in [1.29, 1.82) is 0 Å². The number of benzene rings is 1. The largest absolute Gasteiger partial charge is 0.488 e. The molecule has 1 aromatic heterocycles. The SMILES string of the molecule is CC(C)Oc1cc(Sc2cnn(C)c2)c(N)cc1F. The molecule has 0 aliphatic carbocycles. The molecule has 0 unspecified atom stereocenters. The van der Waals surface area contributed by atoms with Gasteiger partial charge >= 0.3 is 0 Å². The highest BCUT2D eigenvalue weighted by Gasteiger charge is 2.12. The highest BCUT2D eigenvalue weighted by atomic mass is 32.2. The van der Waals surface area contributed by atoms with Crippen molar-refractivity contribution >= 4 is 17.4 Å². The second-order valence-corrected chi connectivity index (χ2v) is 5.55. The number of aromatic nitrogens is 2. The average molecular weight is 281 g/mol. The summed E-state index contributed by atoms with van der Waals surface area (Å²) in [5, 5.41) is 4.08. The third-order valence-corrected chi connectivity index (χ3v) is 3.36. The summed E-state index contributed by atoms with van der Waals surface area (Å²) < 4.78 is 20.8. The van der Waals surface area contributed by atoms with Gasteiger partial charge in [0, 0.05) is 29.9 Å². The van der Waals surface area contributed by atoms with Crippen molar-refractivity contribution in [2.75, 3.05) is 5.73 Å². The first kappa shape index (κ1) is 13.7. The quantitative estimate of drug-likeness (QED) is 0.875. The van der Waals surface area contributed by atoms with E-state index in [2.05, 4.69) is 5.10 Å². The van der Waals surface area contributed by atoms with Gasteiger partial charge in [-0.2, -0.15) is 5.10 Å². The van der Waals surface area contributed by atoms with Gasteiger partial charge in [0.15, 0.2) is 11.6 Å². The number of nitrogens with two attached hydrogens (primary N) is 1. The smallest absolute Gasteiger partial charge is 0.167 e. The molecule has 19 heavy (non-hydrogen) atoms. The van der Waals surface area contributed by atoms with Gasteiger partial charge in [0.05, 0.1) is 17.2 Å². The summed E-state index contributed by atoms with van der Waals surface area (Å²) in [6, 6.07) is 2.92. The van der Waals surface area contributed by atoms with Gasteiger partial charge in [-0.05, 0) is 19.9 Å². The van der Waals surface area contributed by atoms with Crippen LogP contribution in [-0.2, 0) is 7.05 Å². The predicted octanol–water partition coefficient (Wildman–Crippen LogP) is 3.08. The molecule has 6 heteroatoms. The fourth-order valence-electron chi connectivity index (χ4n) is 1.56. The maximum atomic E-state index is 13.7. The number of nitrogen functional groups attached to an aromatic ring is 1. The van der Waals surface area contributed by atoms with E-state index >= 15 is 0 Å². The van der Waals surface area contributed by atoms with Gasteiger partial charge in [0.25, 0.3) is 0 Å². The highest BCUT2D eigenvalue weighted by molar-refractivity contribution is 7.99. The molecule has 4 nitrogen and oxygen atoms in total. The third-order valence-electron chi connectivity index (χ3n) is 2.34. The van der Waals surface area contributed by atoms with E-state index in [1.807, 2.05) is 27.1 Å². The van der Waals surface area contributed by atoms with E-state index in [-0.39, 0.29) is 11.9 Å². The fraction of sp³-hybridized carbons (Fsp3) is 0.308. The summed E-state index contributed by atoms with van der Waals surface area (Å²) in [4.78, 5) is 1.70. The van der Waals surface area contributed by atoms with Crippen LogP contribution in [0.25, 0.3) is 0 Å². The average Bonchev–Trinajstić information content (AvgIpc) is 2.70. The van der Waals surface area contributed by atoms with Crippen molar-refractivity contribution in [2.24, 2.45) is 7.05 Å². The summed E-state index contributed by atoms with van der Waals surface area (Å²) in [7, 11) is 1.84. The minimum atomic E-state index is -0.443. The molecule has 2 N–H and O–H groups in total. The predicted molar refractivity (Wildman–Crippen MR) is 73.9 cm³/mol. The first-order chi connectivity index (χ1) is 8.95. The minimum Gasteiger partial charge on any atom is -0.488 e. The van der Waals surface area contributed by atoms with Crippen LogP contribution >= 0.6 is 11.8 Å². The van der Waals surface area contributed by atoms with Crippen LogP contribution < -0.4 is 10.5 Å². The van der Waals surface area contributed by atoms with Crippen molar-refractivity contribution in [3.63, 3.8) is 0 Å². The number of halogens is 1. The van der Waals surface area contributed by atoms with E-state index in [0.717, 1.165) is 9.79 Å². The molecule has 0 fully saturated rings. The molecular formula is C13H16FN3OS. The maximum absolute atomic E-state index is 13.7. The van der Waals surface area contributed by atoms with Crippen molar-refractivity contribution in [3.8, 4) is 5.75 Å². The van der Waals surface area contributed by atoms with Gasteiger partial charge in [0.1, 0.15) is 0 Å². The molecule has 0 radical (unpaired) electrons. The standard InChI is InChI=1S/C13H16FN3OS/c1-8(2)18-12-5-13(11(15)4-10(12)14)19-9-6-16-17(3)7-9/h4-8H,15H2,1-3H3. The van der Waals surface area contributed by atoms with Crippen LogP contribution in [0.4, 0.5) is 10.1 Å². The van der Waals surface area contributed by atoms with Crippen molar-refractivity contribution in [2.45, 2.75) is 29.7 Å². The lowest BCUT2D eigenvalue weighted by Gasteiger charge is -2.13. The Labute approximate surface area is 115 Å². The number of rotatable bonds is 4. The number of aryl methyl sites for hydroxylation is 1. The number of hydrogen-bond donors (Lipinski definition) is 1. The van der Waals surface area contributed by atoms with Gasteiger partial charge in [-0.3, -0.25) is 4.68 Å². The van der Waals surface area contributed by atoms with E-state index in [0.29, 0.717) is 5.69 Å². The van der Waals surface area contributed by atoms with Crippen LogP contribution in [0.1, 0.15) is 13.8 Å². The molecular weight excluding hydrogens is 265 g/mol. The third kappa shape index (κ3) is 3.41. The molecule has 0 bridgehead atoms. The minimum absolute atomic E-state index is 0.0885. The van der Waals surface area contributed by atoms with E-state index in [9.17, 15) is 4.39 Å². The number of hydrogen-bond acceptors (Lipinski definition) is 4. The molecule has 0 spiro atoms. The van der Waals surface area contributed by atoms with Crippen molar-refractivity contribution in [1.82, 2.24) is 9.78 Å². The van der Waals surface area contributed by atoms with Crippen LogP contribution in [0.5, 0.6) is 5.75 Å². The molecule has 1 aromatic carbocycles. The Hall–Kier alpha value is -1.69. The molecule has 0 saturated heterocycles. The molecule has 0 aliphatic heterocycles. The summed E-state index contributed by atoms with van der Waals surface area (Å²) in [5.41, 5.74) is 6.22. The lowest BCUT2D eigenvalue weighted by Crippen LogP contribution is -2.07. The molecule has 0 aliphatic rings. The Balaban J connectivity index is 2.29. The van der Waals surface area contributed by atoms with Crippen molar-refractivity contribution in [3.05, 3.63) is 30.3 Å². The van der Waals surface area contributed by atoms with Gasteiger partial charge in [-0.25, -0.2) is 4.39 Å². The Morgan fingerprint density at radius 3 is 2.74 bits per heavy atom. The topological polar surface area (TPSA) is 53.1 Å². The number of anilines is 1. The summed E-state index contributed by atoms with van der Waals surface area (Å²) in [6.07, 6.45) is 3.52. The molecule has 102 valence electrons. The van der Waals surface area contributed by atoms with E-state index in [1.54, 1.807) is 16.9 Å².